The number of nitrogens with one attached hydrogen (secondary N) is 1. The maximum Gasteiger partial charge on any atom is 0.161 e. The van der Waals surface area contributed by atoms with Gasteiger partial charge in [0.2, 0.25) is 0 Å². The van der Waals surface area contributed by atoms with Crippen molar-refractivity contribution in [1.82, 2.24) is 0 Å². The molecule has 2 nitrogen and oxygen atoms in total. The van der Waals surface area contributed by atoms with E-state index in [4.69, 9.17) is 0 Å². The highest BCUT2D eigenvalue weighted by Gasteiger charge is 2.05. The van der Waals surface area contributed by atoms with Crippen LogP contribution < -0.4 is 5.32 Å². The average Bonchev–Trinajstić information content (AvgIpc) is 2.59. The van der Waals surface area contributed by atoms with Crippen molar-refractivity contribution in [2.45, 2.75) is 0 Å². The maximum atomic E-state index is 4.30. The van der Waals surface area contributed by atoms with Gasteiger partial charge in [-0.05, 0) is 12.1 Å². The normalized spacial score (nSPS) is 14.6. The van der Waals surface area contributed by atoms with Crippen molar-refractivity contribution in [2.24, 2.45) is 4.99 Å². The van der Waals surface area contributed by atoms with Gasteiger partial charge in [0.05, 0.1) is 6.54 Å². The molecule has 13 heavy (non-hydrogen) atoms. The fraction of sp³-hybridized carbons (Fsp3) is 0.222. The topological polar surface area (TPSA) is 24.4 Å². The van der Waals surface area contributed by atoms with Crippen LogP contribution in [0.4, 0.5) is 5.69 Å². The molecule has 1 aromatic carbocycles. The lowest BCUT2D eigenvalue weighted by atomic mass is 10.3. The summed E-state index contributed by atoms with van der Waals surface area (Å²) in [7, 11) is 0. The van der Waals surface area contributed by atoms with Crippen molar-refractivity contribution < 1.29 is 0 Å². The molecule has 0 atom stereocenters. The molecule has 1 aliphatic rings. The number of rotatable bonds is 1. The molecular weight excluding hydrogens is 204 g/mol. The van der Waals surface area contributed by atoms with Gasteiger partial charge in [-0.1, -0.05) is 30.0 Å². The van der Waals surface area contributed by atoms with E-state index < -0.39 is 0 Å². The lowest BCUT2D eigenvalue weighted by Crippen LogP contribution is -2.03. The SMILES string of the molecule is Cl.c1ccc(NC2=NCCS2)cc1. The first kappa shape index (κ1) is 10.4. The quantitative estimate of drug-likeness (QED) is 0.777. The Hall–Kier alpha value is -0.670. The Morgan fingerprint density at radius 2 is 2.00 bits per heavy atom. The zero-order valence-electron chi connectivity index (χ0n) is 7.06. The van der Waals surface area contributed by atoms with Crippen molar-refractivity contribution in [3.05, 3.63) is 30.3 Å². The molecule has 0 aromatic heterocycles. The first-order chi connectivity index (χ1) is 5.95. The van der Waals surface area contributed by atoms with E-state index in [0.717, 1.165) is 23.2 Å². The Balaban J connectivity index is 0.000000845. The average molecular weight is 215 g/mol. The van der Waals surface area contributed by atoms with Crippen LogP contribution in [0.15, 0.2) is 35.3 Å². The summed E-state index contributed by atoms with van der Waals surface area (Å²) in [5.74, 6) is 1.11. The highest BCUT2D eigenvalue weighted by Crippen LogP contribution is 2.14. The minimum absolute atomic E-state index is 0. The molecule has 0 radical (unpaired) electrons. The lowest BCUT2D eigenvalue weighted by Gasteiger charge is -2.02. The number of hydrogen-bond acceptors (Lipinski definition) is 3. The molecule has 0 saturated carbocycles. The number of hydrogen-bond donors (Lipinski definition) is 1. The summed E-state index contributed by atoms with van der Waals surface area (Å²) >= 11 is 1.78. The molecular formula is C9H11ClN2S. The van der Waals surface area contributed by atoms with Crippen LogP contribution in [0, 0.1) is 0 Å². The van der Waals surface area contributed by atoms with Gasteiger partial charge >= 0.3 is 0 Å². The molecule has 0 saturated heterocycles. The van der Waals surface area contributed by atoms with Crippen molar-refractivity contribution in [3.8, 4) is 0 Å². The number of nitrogens with zero attached hydrogens (tertiary/aromatic N) is 1. The molecule has 1 aromatic rings. The molecule has 70 valence electrons. The zero-order chi connectivity index (χ0) is 8.23. The van der Waals surface area contributed by atoms with Crippen LogP contribution in [-0.2, 0) is 0 Å². The van der Waals surface area contributed by atoms with Gasteiger partial charge in [-0.2, -0.15) is 0 Å². The van der Waals surface area contributed by atoms with E-state index in [2.05, 4.69) is 10.3 Å². The number of anilines is 1. The molecule has 0 bridgehead atoms. The van der Waals surface area contributed by atoms with Gasteiger partial charge in [-0.15, -0.1) is 12.4 Å². The van der Waals surface area contributed by atoms with Gasteiger partial charge in [-0.3, -0.25) is 4.99 Å². The van der Waals surface area contributed by atoms with E-state index in [1.165, 1.54) is 0 Å². The largest absolute Gasteiger partial charge is 0.335 e. The van der Waals surface area contributed by atoms with Crippen molar-refractivity contribution >= 4 is 35.0 Å². The number of halogens is 1. The summed E-state index contributed by atoms with van der Waals surface area (Å²) in [6, 6.07) is 10.1. The van der Waals surface area contributed by atoms with Crippen LogP contribution in [-0.4, -0.2) is 17.5 Å². The number of thioether (sulfide) groups is 1. The van der Waals surface area contributed by atoms with E-state index in [9.17, 15) is 0 Å². The Morgan fingerprint density at radius 3 is 2.62 bits per heavy atom. The predicted molar refractivity (Wildman–Crippen MR) is 62.1 cm³/mol. The number of amidine groups is 1. The zero-order valence-corrected chi connectivity index (χ0v) is 8.70. The Morgan fingerprint density at radius 1 is 1.23 bits per heavy atom. The summed E-state index contributed by atoms with van der Waals surface area (Å²) < 4.78 is 0. The molecule has 0 amide bonds. The Labute approximate surface area is 88.2 Å². The lowest BCUT2D eigenvalue weighted by molar-refractivity contribution is 1.17. The van der Waals surface area contributed by atoms with Crippen molar-refractivity contribution in [1.29, 1.82) is 0 Å². The third-order valence-corrected chi connectivity index (χ3v) is 2.50. The van der Waals surface area contributed by atoms with Gasteiger partial charge in [0.1, 0.15) is 0 Å². The van der Waals surface area contributed by atoms with Crippen LogP contribution in [0.25, 0.3) is 0 Å². The third-order valence-electron chi connectivity index (χ3n) is 1.61. The highest BCUT2D eigenvalue weighted by atomic mass is 35.5. The van der Waals surface area contributed by atoms with Crippen LogP contribution >= 0.6 is 24.2 Å². The van der Waals surface area contributed by atoms with E-state index in [-0.39, 0.29) is 12.4 Å². The highest BCUT2D eigenvalue weighted by molar-refractivity contribution is 8.14. The molecule has 1 aliphatic heterocycles. The van der Waals surface area contributed by atoms with Crippen LogP contribution in [0.5, 0.6) is 0 Å². The number of benzene rings is 1. The summed E-state index contributed by atoms with van der Waals surface area (Å²) in [6.45, 7) is 0.944. The first-order valence-electron chi connectivity index (χ1n) is 3.94. The van der Waals surface area contributed by atoms with Gasteiger partial charge < -0.3 is 5.32 Å². The minimum atomic E-state index is 0. The third kappa shape index (κ3) is 2.94. The Kier molecular flexibility index (Phi) is 4.12. The second kappa shape index (κ2) is 5.14. The van der Waals surface area contributed by atoms with Crippen LogP contribution in [0.2, 0.25) is 0 Å². The van der Waals surface area contributed by atoms with Gasteiger partial charge in [0, 0.05) is 11.4 Å². The first-order valence-corrected chi connectivity index (χ1v) is 4.93. The summed E-state index contributed by atoms with van der Waals surface area (Å²) in [5, 5.41) is 4.30. The van der Waals surface area contributed by atoms with Crippen LogP contribution in [0.3, 0.4) is 0 Å². The fourth-order valence-electron chi connectivity index (χ4n) is 1.06. The predicted octanol–water partition coefficient (Wildman–Crippen LogP) is 2.62. The second-order valence-corrected chi connectivity index (χ2v) is 3.61. The van der Waals surface area contributed by atoms with E-state index in [0.29, 0.717) is 0 Å². The standard InChI is InChI=1S/C9H10N2S.ClH/c1-2-4-8(5-3-1)11-9-10-6-7-12-9;/h1-5H,6-7H2,(H,10,11);1H. The van der Waals surface area contributed by atoms with Gasteiger partial charge in [0.15, 0.2) is 5.17 Å². The second-order valence-electron chi connectivity index (χ2n) is 2.53. The molecule has 4 heteroatoms. The minimum Gasteiger partial charge on any atom is -0.335 e. The number of para-hydroxylation sites is 1. The molecule has 0 aliphatic carbocycles. The van der Waals surface area contributed by atoms with E-state index >= 15 is 0 Å². The molecule has 1 N–H and O–H groups in total. The van der Waals surface area contributed by atoms with Crippen molar-refractivity contribution in [2.75, 3.05) is 17.6 Å². The van der Waals surface area contributed by atoms with Crippen LogP contribution in [0.1, 0.15) is 0 Å². The molecule has 0 fully saturated rings. The summed E-state index contributed by atoms with van der Waals surface area (Å²) in [6.07, 6.45) is 0. The van der Waals surface area contributed by atoms with E-state index in [1.54, 1.807) is 11.8 Å². The van der Waals surface area contributed by atoms with E-state index in [1.807, 2.05) is 30.3 Å². The molecule has 0 unspecified atom stereocenters. The van der Waals surface area contributed by atoms with Crippen molar-refractivity contribution in [3.63, 3.8) is 0 Å². The summed E-state index contributed by atoms with van der Waals surface area (Å²) in [4.78, 5) is 4.30. The molecule has 1 heterocycles. The van der Waals surface area contributed by atoms with Gasteiger partial charge in [0.25, 0.3) is 0 Å². The summed E-state index contributed by atoms with van der Waals surface area (Å²) in [5.41, 5.74) is 1.12. The smallest absolute Gasteiger partial charge is 0.161 e. The monoisotopic (exact) mass is 214 g/mol. The number of aliphatic imine (C=N–C) groups is 1. The fourth-order valence-corrected chi connectivity index (χ4v) is 1.80. The molecule has 0 spiro atoms. The maximum absolute atomic E-state index is 4.30. The molecule has 2 rings (SSSR count). The Bertz CT molecular complexity index is 287. The van der Waals surface area contributed by atoms with Gasteiger partial charge in [-0.25, -0.2) is 0 Å².